The third-order valence-electron chi connectivity index (χ3n) is 7.16. The highest BCUT2D eigenvalue weighted by atomic mass is 16.3. The molecule has 0 fully saturated rings. The van der Waals surface area contributed by atoms with E-state index in [4.69, 9.17) is 0 Å². The van der Waals surface area contributed by atoms with Crippen molar-refractivity contribution in [2.24, 2.45) is 0 Å². The molecule has 0 aliphatic rings. The fourth-order valence-corrected chi connectivity index (χ4v) is 5.09. The summed E-state index contributed by atoms with van der Waals surface area (Å²) >= 11 is 0. The molecule has 190 valence electrons. The summed E-state index contributed by atoms with van der Waals surface area (Å²) in [6.07, 6.45) is 0. The summed E-state index contributed by atoms with van der Waals surface area (Å²) in [5.41, 5.74) is 7.92. The van der Waals surface area contributed by atoms with Crippen LogP contribution in [0.2, 0.25) is 0 Å². The number of phenols is 4. The number of hydrogen-bond donors (Lipinski definition) is 4. The van der Waals surface area contributed by atoms with Gasteiger partial charge in [0.2, 0.25) is 0 Å². The van der Waals surface area contributed by atoms with Gasteiger partial charge in [-0.3, -0.25) is 0 Å². The van der Waals surface area contributed by atoms with Crippen LogP contribution in [0.25, 0.3) is 0 Å². The molecule has 0 atom stereocenters. The van der Waals surface area contributed by atoms with Gasteiger partial charge in [-0.1, -0.05) is 72.8 Å². The molecule has 0 unspecified atom stereocenters. The molecule has 4 N–H and O–H groups in total. The van der Waals surface area contributed by atoms with Gasteiger partial charge < -0.3 is 20.4 Å². The molecule has 5 rings (SSSR count). The van der Waals surface area contributed by atoms with Crippen molar-refractivity contribution in [3.8, 4) is 23.0 Å². The largest absolute Gasteiger partial charge is 0.508 e. The predicted octanol–water partition coefficient (Wildman–Crippen LogP) is 7.49. The Labute approximate surface area is 222 Å². The van der Waals surface area contributed by atoms with Crippen LogP contribution in [0.5, 0.6) is 23.0 Å². The Morgan fingerprint density at radius 3 is 0.947 bits per heavy atom. The lowest BCUT2D eigenvalue weighted by molar-refractivity contribution is 0.470. The van der Waals surface area contributed by atoms with E-state index < -0.39 is 0 Å². The highest BCUT2D eigenvalue weighted by Gasteiger charge is 2.21. The third-order valence-corrected chi connectivity index (χ3v) is 7.16. The van der Waals surface area contributed by atoms with Crippen LogP contribution in [0.1, 0.15) is 56.3 Å². The maximum Gasteiger partial charge on any atom is 0.118 e. The van der Waals surface area contributed by atoms with Gasteiger partial charge in [0.1, 0.15) is 23.0 Å². The summed E-state index contributed by atoms with van der Waals surface area (Å²) in [7, 11) is 0. The highest BCUT2D eigenvalue weighted by molar-refractivity contribution is 5.51. The lowest BCUT2D eigenvalue weighted by atomic mass is 9.81. The number of aryl methyl sites for hydroxylation is 2. The lowest BCUT2D eigenvalue weighted by Crippen LogP contribution is -2.06. The summed E-state index contributed by atoms with van der Waals surface area (Å²) in [4.78, 5) is 0. The zero-order valence-electron chi connectivity index (χ0n) is 21.3. The van der Waals surface area contributed by atoms with Gasteiger partial charge in [-0.2, -0.15) is 0 Å². The average molecular weight is 503 g/mol. The van der Waals surface area contributed by atoms with Gasteiger partial charge in [0.05, 0.1) is 0 Å². The van der Waals surface area contributed by atoms with E-state index in [1.165, 1.54) is 0 Å². The minimum atomic E-state index is -0.0940. The van der Waals surface area contributed by atoms with Crippen molar-refractivity contribution in [2.75, 3.05) is 0 Å². The fraction of sp³-hybridized carbons (Fsp3) is 0.118. The van der Waals surface area contributed by atoms with Crippen molar-refractivity contribution >= 4 is 0 Å². The number of hydrogen-bond acceptors (Lipinski definition) is 4. The summed E-state index contributed by atoms with van der Waals surface area (Å²) in [6, 6.07) is 34.3. The molecule has 0 heterocycles. The zero-order chi connectivity index (χ0) is 26.8. The second kappa shape index (κ2) is 10.3. The molecule has 0 aromatic heterocycles. The summed E-state index contributed by atoms with van der Waals surface area (Å²) in [5.74, 6) is 0.763. The maximum absolute atomic E-state index is 10.1. The van der Waals surface area contributed by atoms with Crippen LogP contribution in [0, 0.1) is 13.8 Å². The van der Waals surface area contributed by atoms with Crippen LogP contribution >= 0.6 is 0 Å². The van der Waals surface area contributed by atoms with Crippen molar-refractivity contribution in [1.29, 1.82) is 0 Å². The van der Waals surface area contributed by atoms with E-state index >= 15 is 0 Å². The first-order chi connectivity index (χ1) is 18.3. The van der Waals surface area contributed by atoms with Crippen molar-refractivity contribution in [3.05, 3.63) is 154 Å². The molecular weight excluding hydrogens is 472 g/mol. The molecule has 0 aliphatic carbocycles. The SMILES string of the molecule is Cc1cc(C(c2ccc(C(c3ccc(O)cc3)c3ccc(O)cc3)cc2)c2ccc(O)c(C)c2)ccc1O. The fourth-order valence-electron chi connectivity index (χ4n) is 5.09. The molecule has 0 saturated carbocycles. The van der Waals surface area contributed by atoms with Gasteiger partial charge >= 0.3 is 0 Å². The van der Waals surface area contributed by atoms with E-state index in [1.54, 1.807) is 36.4 Å². The first-order valence-electron chi connectivity index (χ1n) is 12.6. The molecule has 0 saturated heterocycles. The summed E-state index contributed by atoms with van der Waals surface area (Å²) in [5, 5.41) is 39.9. The van der Waals surface area contributed by atoms with Gasteiger partial charge in [-0.25, -0.2) is 0 Å². The number of phenolic OH excluding ortho intramolecular Hbond substituents is 4. The molecule has 0 spiro atoms. The molecule has 5 aromatic rings. The Hall–Kier alpha value is -4.70. The van der Waals surface area contributed by atoms with E-state index in [-0.39, 0.29) is 34.8 Å². The smallest absolute Gasteiger partial charge is 0.118 e. The van der Waals surface area contributed by atoms with E-state index in [0.29, 0.717) is 0 Å². The van der Waals surface area contributed by atoms with Gasteiger partial charge in [0.25, 0.3) is 0 Å². The number of rotatable bonds is 6. The first-order valence-corrected chi connectivity index (χ1v) is 12.6. The molecule has 5 aromatic carbocycles. The molecular formula is C34H30O4. The predicted molar refractivity (Wildman–Crippen MR) is 150 cm³/mol. The van der Waals surface area contributed by atoms with E-state index in [1.807, 2.05) is 62.4 Å². The second-order valence-corrected chi connectivity index (χ2v) is 9.81. The molecule has 0 aliphatic heterocycles. The average Bonchev–Trinajstić information content (AvgIpc) is 2.91. The second-order valence-electron chi connectivity index (χ2n) is 9.81. The van der Waals surface area contributed by atoms with Crippen LogP contribution < -0.4 is 0 Å². The van der Waals surface area contributed by atoms with E-state index in [9.17, 15) is 20.4 Å². The minimum absolute atomic E-state index is 0.0875. The molecule has 0 amide bonds. The Balaban J connectivity index is 1.60. The quantitative estimate of drug-likeness (QED) is 0.181. The zero-order valence-corrected chi connectivity index (χ0v) is 21.3. The van der Waals surface area contributed by atoms with E-state index in [0.717, 1.165) is 44.5 Å². The highest BCUT2D eigenvalue weighted by Crippen LogP contribution is 2.38. The first kappa shape index (κ1) is 25.0. The molecule has 4 heteroatoms. The summed E-state index contributed by atoms with van der Waals surface area (Å²) < 4.78 is 0. The van der Waals surface area contributed by atoms with Crippen LogP contribution in [0.3, 0.4) is 0 Å². The van der Waals surface area contributed by atoms with Gasteiger partial charge in [0, 0.05) is 11.8 Å². The van der Waals surface area contributed by atoms with Crippen molar-refractivity contribution in [1.82, 2.24) is 0 Å². The molecule has 38 heavy (non-hydrogen) atoms. The Kier molecular flexibility index (Phi) is 6.80. The Morgan fingerprint density at radius 2 is 0.632 bits per heavy atom. The van der Waals surface area contributed by atoms with E-state index in [2.05, 4.69) is 24.3 Å². The topological polar surface area (TPSA) is 80.9 Å². The normalized spacial score (nSPS) is 11.3. The van der Waals surface area contributed by atoms with Crippen LogP contribution in [0.4, 0.5) is 0 Å². The Morgan fingerprint density at radius 1 is 0.368 bits per heavy atom. The van der Waals surface area contributed by atoms with Crippen molar-refractivity contribution < 1.29 is 20.4 Å². The molecule has 0 radical (unpaired) electrons. The van der Waals surface area contributed by atoms with Crippen molar-refractivity contribution in [2.45, 2.75) is 25.7 Å². The molecule has 4 nitrogen and oxygen atoms in total. The van der Waals surface area contributed by atoms with Gasteiger partial charge in [0.15, 0.2) is 0 Å². The standard InChI is InChI=1S/C34H30O4/c1-21-19-27(11-17-31(21)37)34(28-12-18-32(38)22(2)20-28)24-5-3-23(4-6-24)33(25-7-13-29(35)14-8-25)26-9-15-30(36)16-10-26/h3-20,33-38H,1-2H3. The molecule has 0 bridgehead atoms. The minimum Gasteiger partial charge on any atom is -0.508 e. The van der Waals surface area contributed by atoms with Crippen LogP contribution in [0.15, 0.2) is 109 Å². The summed E-state index contributed by atoms with van der Waals surface area (Å²) in [6.45, 7) is 3.78. The Bertz CT molecular complexity index is 1460. The lowest BCUT2D eigenvalue weighted by Gasteiger charge is -2.23. The van der Waals surface area contributed by atoms with Crippen molar-refractivity contribution in [3.63, 3.8) is 0 Å². The van der Waals surface area contributed by atoms with Gasteiger partial charge in [-0.05, 0) is 94.8 Å². The number of benzene rings is 5. The van der Waals surface area contributed by atoms with Crippen LogP contribution in [-0.2, 0) is 0 Å². The third kappa shape index (κ3) is 5.07. The monoisotopic (exact) mass is 502 g/mol. The maximum atomic E-state index is 10.1. The number of aromatic hydroxyl groups is 4. The van der Waals surface area contributed by atoms with Crippen LogP contribution in [-0.4, -0.2) is 20.4 Å². The van der Waals surface area contributed by atoms with Gasteiger partial charge in [-0.15, -0.1) is 0 Å².